The summed E-state index contributed by atoms with van der Waals surface area (Å²) in [5.74, 6) is -1.88. The number of carbonyl (C=O) groups is 4. The number of hydrogen-bond acceptors (Lipinski definition) is 15. The van der Waals surface area contributed by atoms with Crippen LogP contribution in [0.2, 0.25) is 0 Å². The van der Waals surface area contributed by atoms with E-state index in [9.17, 15) is 27.6 Å². The van der Waals surface area contributed by atoms with E-state index in [4.69, 9.17) is 28.4 Å². The molecule has 0 aromatic heterocycles. The van der Waals surface area contributed by atoms with Crippen molar-refractivity contribution in [1.82, 2.24) is 4.72 Å². The third kappa shape index (κ3) is 13.4. The molecule has 320 valence electrons. The Hall–Kier alpha value is -5.78. The number of carbonyl (C=O) groups excluding carboxylic acids is 4. The minimum Gasteiger partial charge on any atom is -0.488 e. The molecule has 0 heterocycles. The molecule has 0 radical (unpaired) electrons. The number of fused-ring (bicyclic) bond motifs is 1. The molecule has 0 fully saturated rings. The van der Waals surface area contributed by atoms with Crippen LogP contribution in [0.3, 0.4) is 0 Å². The lowest BCUT2D eigenvalue weighted by atomic mass is 10.1. The summed E-state index contributed by atoms with van der Waals surface area (Å²) in [4.78, 5) is 54.2. The minimum atomic E-state index is -4.01. The van der Waals surface area contributed by atoms with Crippen LogP contribution in [0.1, 0.15) is 11.1 Å². The fraction of sp³-hybridized carbons (Fsp3) is 0.366. The molecule has 0 bridgehead atoms. The number of methoxy groups -OCH3 is 4. The van der Waals surface area contributed by atoms with E-state index >= 15 is 0 Å². The Morgan fingerprint density at radius 2 is 1.07 bits per heavy atom. The Morgan fingerprint density at radius 1 is 0.610 bits per heavy atom. The maximum Gasteiger partial charge on any atom is 0.325 e. The van der Waals surface area contributed by atoms with Crippen molar-refractivity contribution in [2.75, 3.05) is 103 Å². The van der Waals surface area contributed by atoms with Crippen molar-refractivity contribution < 1.29 is 56.0 Å². The van der Waals surface area contributed by atoms with Crippen molar-refractivity contribution >= 4 is 73.3 Å². The third-order valence-electron chi connectivity index (χ3n) is 8.71. The molecule has 0 saturated heterocycles. The Morgan fingerprint density at radius 3 is 1.56 bits per heavy atom. The Labute approximate surface area is 349 Å². The van der Waals surface area contributed by atoms with Crippen molar-refractivity contribution in [2.24, 2.45) is 0 Å². The van der Waals surface area contributed by atoms with E-state index in [-0.39, 0.29) is 56.6 Å². The molecule has 4 aromatic rings. The summed E-state index contributed by atoms with van der Waals surface area (Å²) >= 11 is 4.64. The highest BCUT2D eigenvalue weighted by Crippen LogP contribution is 2.33. The number of anilines is 3. The molecule has 18 heteroatoms. The first kappa shape index (κ1) is 47.6. The predicted molar refractivity (Wildman–Crippen MR) is 225 cm³/mol. The quantitative estimate of drug-likeness (QED) is 0.0575. The lowest BCUT2D eigenvalue weighted by Crippen LogP contribution is -2.36. The van der Waals surface area contributed by atoms with Gasteiger partial charge in [0.05, 0.1) is 44.7 Å². The molecule has 0 amide bonds. The molecule has 59 heavy (non-hydrogen) atoms. The summed E-state index contributed by atoms with van der Waals surface area (Å²) in [6.45, 7) is 0.440. The number of hydrogen-bond donors (Lipinski definition) is 1. The van der Waals surface area contributed by atoms with Gasteiger partial charge in [-0.15, -0.1) is 11.6 Å². The number of ether oxygens (including phenoxy) is 6. The van der Waals surface area contributed by atoms with E-state index in [1.165, 1.54) is 44.6 Å². The monoisotopic (exact) mass is 858 g/mol. The third-order valence-corrected chi connectivity index (χ3v) is 10.2. The molecule has 0 aliphatic rings. The molecule has 4 aromatic carbocycles. The van der Waals surface area contributed by atoms with Crippen molar-refractivity contribution in [2.45, 2.75) is 18.4 Å². The Balaban J connectivity index is 0.00000458. The molecule has 0 atom stereocenters. The molecule has 0 unspecified atom stereocenters. The average molecular weight is 859 g/mol. The number of benzene rings is 4. The van der Waals surface area contributed by atoms with Gasteiger partial charge in [0, 0.05) is 43.5 Å². The summed E-state index contributed by atoms with van der Waals surface area (Å²) in [5.41, 5.74) is 2.96. The lowest BCUT2D eigenvalue weighted by Gasteiger charge is -2.26. The number of esters is 4. The second-order valence-electron chi connectivity index (χ2n) is 12.8. The van der Waals surface area contributed by atoms with Crippen molar-refractivity contribution in [1.29, 1.82) is 0 Å². The number of nitrogens with one attached hydrogen (secondary N) is 1. The van der Waals surface area contributed by atoms with Gasteiger partial charge in [-0.25, -0.2) is 13.1 Å². The topological polar surface area (TPSA) is 180 Å². The van der Waals surface area contributed by atoms with E-state index in [0.717, 1.165) is 16.6 Å². The number of aryl methyl sites for hydroxylation is 1. The van der Waals surface area contributed by atoms with Gasteiger partial charge >= 0.3 is 23.9 Å². The first-order chi connectivity index (χ1) is 28.2. The summed E-state index contributed by atoms with van der Waals surface area (Å²) in [6, 6.07) is 20.7. The van der Waals surface area contributed by atoms with E-state index in [2.05, 4.69) is 16.3 Å². The standard InChI is InChI=1S/C40H48N4O12S.CH3Cl/c1-27-14-16-32(43(23-37(45)51-4)24-38(46)52-5)34(20-27)55-18-19-56-35-21-28(15-17-33(35)44(25-39(47)53-6)26-40(48)54-7)22-41-57(49,50)36-13-9-10-29-30(36)11-8-12-31(29)42(2)3;1-2/h8-17,20-21,41H,18-19,22-26H2,1-7H3;1H3. The van der Waals surface area contributed by atoms with E-state index in [0.29, 0.717) is 28.1 Å². The zero-order valence-electron chi connectivity index (χ0n) is 34.4. The summed E-state index contributed by atoms with van der Waals surface area (Å²) < 4.78 is 61.8. The first-order valence-electron chi connectivity index (χ1n) is 18.0. The van der Waals surface area contributed by atoms with Crippen LogP contribution in [0.4, 0.5) is 17.1 Å². The van der Waals surface area contributed by atoms with Crippen molar-refractivity contribution in [3.63, 3.8) is 0 Å². The lowest BCUT2D eigenvalue weighted by molar-refractivity contribution is -0.141. The molecule has 4 rings (SSSR count). The van der Waals surface area contributed by atoms with Crippen LogP contribution in [-0.2, 0) is 54.7 Å². The van der Waals surface area contributed by atoms with Gasteiger partial charge in [-0.3, -0.25) is 19.2 Å². The molecule has 1 N–H and O–H groups in total. The minimum absolute atomic E-state index is 0.0406. The first-order valence-corrected chi connectivity index (χ1v) is 20.3. The number of halogens is 1. The highest BCUT2D eigenvalue weighted by atomic mass is 35.5. The fourth-order valence-electron chi connectivity index (χ4n) is 5.83. The smallest absolute Gasteiger partial charge is 0.325 e. The zero-order chi connectivity index (χ0) is 43.7. The molecule has 16 nitrogen and oxygen atoms in total. The maximum absolute atomic E-state index is 13.7. The average Bonchev–Trinajstić information content (AvgIpc) is 3.23. The van der Waals surface area contributed by atoms with E-state index in [1.54, 1.807) is 60.7 Å². The number of rotatable bonds is 20. The normalized spacial score (nSPS) is 10.7. The highest BCUT2D eigenvalue weighted by molar-refractivity contribution is 7.89. The van der Waals surface area contributed by atoms with Crippen LogP contribution in [0.5, 0.6) is 11.5 Å². The number of sulfonamides is 1. The van der Waals surface area contributed by atoms with Gasteiger partial charge in [0.25, 0.3) is 0 Å². The SMILES string of the molecule is CCl.COC(=O)CN(CC(=O)OC)c1ccc(C)cc1OCCOc1cc(CNS(=O)(=O)c2cccc3c(N(C)C)cccc23)ccc1N(CC(=O)OC)CC(=O)OC. The van der Waals surface area contributed by atoms with E-state index in [1.807, 2.05) is 38.1 Å². The molecule has 0 aliphatic heterocycles. The van der Waals surface area contributed by atoms with E-state index < -0.39 is 33.9 Å². The largest absolute Gasteiger partial charge is 0.488 e. The maximum atomic E-state index is 13.7. The number of nitrogens with zero attached hydrogens (tertiary/aromatic N) is 3. The van der Waals surface area contributed by atoms with Crippen LogP contribution in [0.15, 0.2) is 77.7 Å². The van der Waals surface area contributed by atoms with Gasteiger partial charge in [-0.05, 0) is 54.4 Å². The second kappa shape index (κ2) is 23.0. The summed E-state index contributed by atoms with van der Waals surface area (Å²) in [7, 11) is 4.67. The molecular formula is C41H51ClN4O12S. The van der Waals surface area contributed by atoms with Crippen LogP contribution >= 0.6 is 11.6 Å². The van der Waals surface area contributed by atoms with Gasteiger partial charge in [-0.2, -0.15) is 0 Å². The van der Waals surface area contributed by atoms with Crippen molar-refractivity contribution in [3.8, 4) is 11.5 Å². The fourth-order valence-corrected chi connectivity index (χ4v) is 7.06. The van der Waals surface area contributed by atoms with Gasteiger partial charge < -0.3 is 43.1 Å². The zero-order valence-corrected chi connectivity index (χ0v) is 36.0. The summed E-state index contributed by atoms with van der Waals surface area (Å²) in [6.07, 6.45) is 1.47. The second-order valence-corrected chi connectivity index (χ2v) is 14.6. The van der Waals surface area contributed by atoms with Crippen LogP contribution in [0.25, 0.3) is 10.8 Å². The van der Waals surface area contributed by atoms with Gasteiger partial charge in [0.15, 0.2) is 0 Å². The predicted octanol–water partition coefficient (Wildman–Crippen LogP) is 4.31. The molecular weight excluding hydrogens is 808 g/mol. The summed E-state index contributed by atoms with van der Waals surface area (Å²) in [5, 5.41) is 1.34. The Bertz CT molecular complexity index is 2150. The van der Waals surface area contributed by atoms with Crippen LogP contribution < -0.4 is 28.9 Å². The highest BCUT2D eigenvalue weighted by Gasteiger charge is 2.23. The molecule has 0 spiro atoms. The van der Waals surface area contributed by atoms with Gasteiger partial charge in [0.1, 0.15) is 50.9 Å². The van der Waals surface area contributed by atoms with Crippen LogP contribution in [-0.4, -0.2) is 121 Å². The van der Waals surface area contributed by atoms with Gasteiger partial charge in [0.2, 0.25) is 10.0 Å². The van der Waals surface area contributed by atoms with Gasteiger partial charge in [-0.1, -0.05) is 36.4 Å². The van der Waals surface area contributed by atoms with Crippen molar-refractivity contribution in [3.05, 3.63) is 83.9 Å². The number of alkyl halides is 1. The van der Waals surface area contributed by atoms with Crippen LogP contribution in [0, 0.1) is 6.92 Å². The Kier molecular flexibility index (Phi) is 18.5. The molecule has 0 saturated carbocycles. The molecule has 0 aliphatic carbocycles.